The molecule has 1 aromatic carbocycles. The lowest BCUT2D eigenvalue weighted by atomic mass is 10.1. The minimum atomic E-state index is 0.0401. The first-order valence-electron chi connectivity index (χ1n) is 8.53. The third-order valence-electron chi connectivity index (χ3n) is 4.84. The van der Waals surface area contributed by atoms with E-state index in [2.05, 4.69) is 48.2 Å². The van der Waals surface area contributed by atoms with E-state index in [1.54, 1.807) is 18.6 Å². The van der Waals surface area contributed by atoms with Crippen molar-refractivity contribution in [2.24, 2.45) is 0 Å². The van der Waals surface area contributed by atoms with Crippen molar-refractivity contribution >= 4 is 27.8 Å². The smallest absolute Gasteiger partial charge is 0.317 e. The largest absolute Gasteiger partial charge is 0.352 e. The minimum absolute atomic E-state index is 0.0401. The van der Waals surface area contributed by atoms with Gasteiger partial charge in [-0.2, -0.15) is 0 Å². The molecule has 7 heteroatoms. The lowest BCUT2D eigenvalue weighted by Crippen LogP contribution is -2.52. The summed E-state index contributed by atoms with van der Waals surface area (Å²) in [7, 11) is 0. The van der Waals surface area contributed by atoms with Crippen LogP contribution in [0.4, 0.5) is 10.6 Å². The molecule has 25 heavy (non-hydrogen) atoms. The number of hydrogen-bond acceptors (Lipinski definition) is 4. The number of hydrogen-bond donors (Lipinski definition) is 1. The monoisotopic (exact) mass is 401 g/mol. The van der Waals surface area contributed by atoms with E-state index < -0.39 is 0 Å². The number of anilines is 1. The predicted octanol–water partition coefficient (Wildman–Crippen LogP) is 2.63. The summed E-state index contributed by atoms with van der Waals surface area (Å²) in [5.41, 5.74) is 1.28. The molecule has 0 bridgehead atoms. The third kappa shape index (κ3) is 3.61. The summed E-state index contributed by atoms with van der Waals surface area (Å²) in [6.45, 7) is 2.97. The molecule has 1 aliphatic carbocycles. The summed E-state index contributed by atoms with van der Waals surface area (Å²) in [5, 5.41) is 3.17. The Hall–Kier alpha value is -2.15. The van der Waals surface area contributed by atoms with E-state index in [9.17, 15) is 4.79 Å². The average molecular weight is 402 g/mol. The maximum atomic E-state index is 12.5. The highest BCUT2D eigenvalue weighted by Crippen LogP contribution is 2.43. The van der Waals surface area contributed by atoms with Crippen LogP contribution in [0.15, 0.2) is 47.3 Å². The second-order valence-electron chi connectivity index (χ2n) is 6.46. The molecule has 4 rings (SSSR count). The maximum absolute atomic E-state index is 12.5. The number of urea groups is 1. The number of benzene rings is 1. The Morgan fingerprint density at radius 1 is 1.16 bits per heavy atom. The fourth-order valence-electron chi connectivity index (χ4n) is 3.32. The first-order chi connectivity index (χ1) is 12.2. The van der Waals surface area contributed by atoms with E-state index in [0.29, 0.717) is 19.0 Å². The highest BCUT2D eigenvalue weighted by atomic mass is 79.9. The molecule has 6 nitrogen and oxygen atoms in total. The molecule has 2 amide bonds. The molecule has 2 heterocycles. The van der Waals surface area contributed by atoms with Crippen LogP contribution in [0.2, 0.25) is 0 Å². The molecule has 2 fully saturated rings. The molecule has 0 spiro atoms. The van der Waals surface area contributed by atoms with Gasteiger partial charge in [-0.05, 0) is 18.1 Å². The van der Waals surface area contributed by atoms with E-state index in [0.717, 1.165) is 29.8 Å². The molecule has 1 aromatic heterocycles. The van der Waals surface area contributed by atoms with Crippen LogP contribution >= 0.6 is 15.9 Å². The lowest BCUT2D eigenvalue weighted by Gasteiger charge is -2.35. The summed E-state index contributed by atoms with van der Waals surface area (Å²) < 4.78 is 1.12. The van der Waals surface area contributed by atoms with Gasteiger partial charge in [0, 0.05) is 55.0 Å². The van der Waals surface area contributed by atoms with Crippen molar-refractivity contribution in [2.75, 3.05) is 31.1 Å². The fourth-order valence-corrected chi connectivity index (χ4v) is 3.90. The highest BCUT2D eigenvalue weighted by molar-refractivity contribution is 9.10. The van der Waals surface area contributed by atoms with Crippen LogP contribution in [0.1, 0.15) is 17.9 Å². The van der Waals surface area contributed by atoms with E-state index in [4.69, 9.17) is 0 Å². The Morgan fingerprint density at radius 2 is 1.96 bits per heavy atom. The first-order valence-corrected chi connectivity index (χ1v) is 9.32. The quantitative estimate of drug-likeness (QED) is 0.858. The normalized spacial score (nSPS) is 22.6. The number of carbonyl (C=O) groups is 1. The van der Waals surface area contributed by atoms with Crippen molar-refractivity contribution < 1.29 is 4.79 Å². The number of aromatic nitrogens is 2. The Balaban J connectivity index is 1.28. The molecule has 1 saturated heterocycles. The Kier molecular flexibility index (Phi) is 4.57. The second-order valence-corrected chi connectivity index (χ2v) is 7.31. The molecule has 1 N–H and O–H groups in total. The van der Waals surface area contributed by atoms with Gasteiger partial charge in [0.15, 0.2) is 0 Å². The number of halogens is 1. The van der Waals surface area contributed by atoms with Crippen molar-refractivity contribution in [1.29, 1.82) is 0 Å². The van der Waals surface area contributed by atoms with Gasteiger partial charge < -0.3 is 15.1 Å². The predicted molar refractivity (Wildman–Crippen MR) is 99.6 cm³/mol. The van der Waals surface area contributed by atoms with Crippen molar-refractivity contribution in [3.8, 4) is 0 Å². The average Bonchev–Trinajstić information content (AvgIpc) is 3.42. The van der Waals surface area contributed by atoms with Crippen molar-refractivity contribution in [3.05, 3.63) is 52.9 Å². The Labute approximate surface area is 155 Å². The number of rotatable bonds is 3. The Bertz CT molecular complexity index is 748. The summed E-state index contributed by atoms with van der Waals surface area (Å²) in [6, 6.07) is 8.52. The number of piperazine rings is 1. The topological polar surface area (TPSA) is 61.4 Å². The molecule has 1 saturated carbocycles. The van der Waals surface area contributed by atoms with Gasteiger partial charge in [0.25, 0.3) is 0 Å². The SMILES string of the molecule is O=C(N[C@@H]1C[C@@H]1c1ccccc1Br)N1CCN(c2cnccn2)CC1. The van der Waals surface area contributed by atoms with Gasteiger partial charge in [-0.15, -0.1) is 0 Å². The van der Waals surface area contributed by atoms with Gasteiger partial charge in [-0.25, -0.2) is 9.78 Å². The molecule has 0 radical (unpaired) electrons. The van der Waals surface area contributed by atoms with Crippen LogP contribution in [0.3, 0.4) is 0 Å². The molecule has 2 aliphatic rings. The molecule has 0 unspecified atom stereocenters. The summed E-state index contributed by atoms with van der Waals surface area (Å²) in [6.07, 6.45) is 6.14. The minimum Gasteiger partial charge on any atom is -0.352 e. The van der Waals surface area contributed by atoms with E-state index >= 15 is 0 Å². The summed E-state index contributed by atoms with van der Waals surface area (Å²) in [4.78, 5) is 25.0. The van der Waals surface area contributed by atoms with E-state index in [-0.39, 0.29) is 12.1 Å². The van der Waals surface area contributed by atoms with Crippen LogP contribution in [0, 0.1) is 0 Å². The zero-order valence-electron chi connectivity index (χ0n) is 13.8. The lowest BCUT2D eigenvalue weighted by molar-refractivity contribution is 0.193. The van der Waals surface area contributed by atoms with Crippen molar-refractivity contribution in [3.63, 3.8) is 0 Å². The number of amides is 2. The molecular formula is C18H20BrN5O. The van der Waals surface area contributed by atoms with Crippen LogP contribution in [-0.2, 0) is 0 Å². The van der Waals surface area contributed by atoms with Crippen LogP contribution in [0.5, 0.6) is 0 Å². The number of nitrogens with zero attached hydrogens (tertiary/aromatic N) is 4. The molecule has 2 atom stereocenters. The molecule has 1 aliphatic heterocycles. The third-order valence-corrected chi connectivity index (χ3v) is 5.57. The maximum Gasteiger partial charge on any atom is 0.317 e. The second kappa shape index (κ2) is 7.00. The van der Waals surface area contributed by atoms with Crippen LogP contribution in [0.25, 0.3) is 0 Å². The molecular weight excluding hydrogens is 382 g/mol. The van der Waals surface area contributed by atoms with Crippen molar-refractivity contribution in [1.82, 2.24) is 20.2 Å². The highest BCUT2D eigenvalue weighted by Gasteiger charge is 2.41. The van der Waals surface area contributed by atoms with Gasteiger partial charge in [0.2, 0.25) is 0 Å². The molecule has 130 valence electrons. The van der Waals surface area contributed by atoms with Gasteiger partial charge in [0.1, 0.15) is 5.82 Å². The number of carbonyl (C=O) groups excluding carboxylic acids is 1. The van der Waals surface area contributed by atoms with Gasteiger partial charge in [-0.3, -0.25) is 4.98 Å². The first kappa shape index (κ1) is 16.3. The molecule has 2 aromatic rings. The van der Waals surface area contributed by atoms with E-state index in [1.807, 2.05) is 17.0 Å². The zero-order chi connectivity index (χ0) is 17.2. The Morgan fingerprint density at radius 3 is 2.68 bits per heavy atom. The van der Waals surface area contributed by atoms with Gasteiger partial charge in [-0.1, -0.05) is 34.1 Å². The zero-order valence-corrected chi connectivity index (χ0v) is 15.4. The van der Waals surface area contributed by atoms with Gasteiger partial charge >= 0.3 is 6.03 Å². The van der Waals surface area contributed by atoms with E-state index in [1.165, 1.54) is 5.56 Å². The van der Waals surface area contributed by atoms with Crippen molar-refractivity contribution in [2.45, 2.75) is 18.4 Å². The number of nitrogens with one attached hydrogen (secondary N) is 1. The fraction of sp³-hybridized carbons (Fsp3) is 0.389. The van der Waals surface area contributed by atoms with Crippen LogP contribution in [-0.4, -0.2) is 53.1 Å². The summed E-state index contributed by atoms with van der Waals surface area (Å²) in [5.74, 6) is 1.29. The van der Waals surface area contributed by atoms with Crippen LogP contribution < -0.4 is 10.2 Å². The summed E-state index contributed by atoms with van der Waals surface area (Å²) >= 11 is 3.60. The standard InChI is InChI=1S/C18H20BrN5O/c19-15-4-2-1-3-13(15)14-11-16(14)22-18(25)24-9-7-23(8-10-24)17-12-20-5-6-21-17/h1-6,12,14,16H,7-11H2,(H,22,25)/t14-,16-/m1/s1. The van der Waals surface area contributed by atoms with Gasteiger partial charge in [0.05, 0.1) is 6.20 Å².